The highest BCUT2D eigenvalue weighted by atomic mass is 14.4. The minimum absolute atomic E-state index is 1.31. The van der Waals surface area contributed by atoms with Crippen LogP contribution in [0.15, 0.2) is 84.9 Å². The highest BCUT2D eigenvalue weighted by molar-refractivity contribution is 5.94. The molecule has 0 radical (unpaired) electrons. The van der Waals surface area contributed by atoms with Crippen LogP contribution in [0.25, 0.3) is 22.3 Å². The summed E-state index contributed by atoms with van der Waals surface area (Å²) in [5, 5.41) is 0. The molecule has 0 saturated heterocycles. The van der Waals surface area contributed by atoms with E-state index in [4.69, 9.17) is 0 Å². The van der Waals surface area contributed by atoms with Gasteiger partial charge in [-0.2, -0.15) is 0 Å². The second-order valence-electron chi connectivity index (χ2n) is 7.94. The standard InChI is InChI=1S/C28H20/c1-17-11-13-23-25(15-17)26-16-18(2)12-14-24(26)28(23)27-21-9-5-3-7-19(21)20-8-4-6-10-22(20)27/h3-16H,1-2H3/q+2. The second-order valence-corrected chi connectivity index (χ2v) is 7.94. The zero-order valence-corrected chi connectivity index (χ0v) is 16.1. The Labute approximate surface area is 166 Å². The Morgan fingerprint density at radius 3 is 1.29 bits per heavy atom. The van der Waals surface area contributed by atoms with E-state index in [1.54, 1.807) is 0 Å². The lowest BCUT2D eigenvalue weighted by Crippen LogP contribution is -2.11. The van der Waals surface area contributed by atoms with Gasteiger partial charge in [0.1, 0.15) is 34.1 Å². The fourth-order valence-electron chi connectivity index (χ4n) is 4.90. The molecule has 0 unspecified atom stereocenters. The van der Waals surface area contributed by atoms with Crippen molar-refractivity contribution in [2.45, 2.75) is 13.8 Å². The van der Waals surface area contributed by atoms with Crippen LogP contribution in [-0.4, -0.2) is 0 Å². The SMILES string of the molecule is Cc1ccc2c(c1)-c1cc(C)ccc1[C+]2[C+]1c2ccccc2-c2ccccc21. The molecule has 6 rings (SSSR count). The van der Waals surface area contributed by atoms with E-state index in [1.165, 1.54) is 67.5 Å². The normalized spacial score (nSPS) is 13.2. The van der Waals surface area contributed by atoms with Crippen LogP contribution in [0.4, 0.5) is 0 Å². The summed E-state index contributed by atoms with van der Waals surface area (Å²) in [6.07, 6.45) is 0. The average molecular weight is 356 g/mol. The Balaban J connectivity index is 1.66. The lowest BCUT2D eigenvalue weighted by Gasteiger charge is -2.14. The van der Waals surface area contributed by atoms with Crippen LogP contribution in [0.1, 0.15) is 33.4 Å². The summed E-state index contributed by atoms with van der Waals surface area (Å²) in [5.41, 5.74) is 13.4. The Bertz CT molecular complexity index is 1150. The zero-order valence-electron chi connectivity index (χ0n) is 16.1. The summed E-state index contributed by atoms with van der Waals surface area (Å²) < 4.78 is 0. The first-order valence-electron chi connectivity index (χ1n) is 9.88. The summed E-state index contributed by atoms with van der Waals surface area (Å²) in [4.78, 5) is 0. The molecule has 0 aliphatic heterocycles. The van der Waals surface area contributed by atoms with E-state index < -0.39 is 0 Å². The molecule has 0 spiro atoms. The van der Waals surface area contributed by atoms with E-state index in [1.807, 2.05) is 0 Å². The average Bonchev–Trinajstić information content (AvgIpc) is 3.20. The molecule has 2 aliphatic rings. The fraction of sp³-hybridized carbons (Fsp3) is 0.0714. The van der Waals surface area contributed by atoms with Crippen LogP contribution in [0.5, 0.6) is 0 Å². The van der Waals surface area contributed by atoms with Crippen LogP contribution >= 0.6 is 0 Å². The van der Waals surface area contributed by atoms with Gasteiger partial charge in [0.15, 0.2) is 0 Å². The van der Waals surface area contributed by atoms with Crippen molar-refractivity contribution in [1.82, 2.24) is 0 Å². The van der Waals surface area contributed by atoms with Crippen molar-refractivity contribution in [3.8, 4) is 22.3 Å². The topological polar surface area (TPSA) is 0 Å². The first-order chi connectivity index (χ1) is 13.7. The summed E-state index contributed by atoms with van der Waals surface area (Å²) in [7, 11) is 0. The fourth-order valence-corrected chi connectivity index (χ4v) is 4.90. The maximum Gasteiger partial charge on any atom is 0.113 e. The van der Waals surface area contributed by atoms with E-state index in [-0.39, 0.29) is 0 Å². The van der Waals surface area contributed by atoms with Crippen molar-refractivity contribution in [2.24, 2.45) is 0 Å². The number of aryl methyl sites for hydroxylation is 2. The van der Waals surface area contributed by atoms with Crippen LogP contribution in [0.3, 0.4) is 0 Å². The molecular weight excluding hydrogens is 336 g/mol. The number of benzene rings is 4. The van der Waals surface area contributed by atoms with Crippen molar-refractivity contribution in [3.63, 3.8) is 0 Å². The van der Waals surface area contributed by atoms with Crippen molar-refractivity contribution < 1.29 is 0 Å². The van der Waals surface area contributed by atoms with E-state index in [0.29, 0.717) is 0 Å². The van der Waals surface area contributed by atoms with Crippen LogP contribution in [0.2, 0.25) is 0 Å². The third kappa shape index (κ3) is 2.00. The van der Waals surface area contributed by atoms with E-state index >= 15 is 0 Å². The lowest BCUT2D eigenvalue weighted by molar-refractivity contribution is 1.13. The largest absolute Gasteiger partial charge is 0.113 e. The van der Waals surface area contributed by atoms with Gasteiger partial charge in [-0.1, -0.05) is 0 Å². The lowest BCUT2D eigenvalue weighted by atomic mass is 9.78. The Morgan fingerprint density at radius 1 is 0.429 bits per heavy atom. The molecule has 0 heterocycles. The van der Waals surface area contributed by atoms with E-state index in [9.17, 15) is 0 Å². The van der Waals surface area contributed by atoms with Gasteiger partial charge in [0.05, 0.1) is 22.3 Å². The summed E-state index contributed by atoms with van der Waals surface area (Å²) >= 11 is 0. The van der Waals surface area contributed by atoms with Gasteiger partial charge in [-0.25, -0.2) is 0 Å². The smallest absolute Gasteiger partial charge is 0.0452 e. The minimum atomic E-state index is 1.31. The van der Waals surface area contributed by atoms with Gasteiger partial charge < -0.3 is 0 Å². The highest BCUT2D eigenvalue weighted by Crippen LogP contribution is 2.57. The van der Waals surface area contributed by atoms with Gasteiger partial charge in [-0.15, -0.1) is 0 Å². The number of rotatable bonds is 1. The third-order valence-corrected chi connectivity index (χ3v) is 6.11. The molecule has 0 bridgehead atoms. The maximum absolute atomic E-state index is 2.34. The molecule has 0 aromatic heterocycles. The van der Waals surface area contributed by atoms with Crippen molar-refractivity contribution >= 4 is 0 Å². The van der Waals surface area contributed by atoms with Crippen molar-refractivity contribution in [3.05, 3.63) is 130 Å². The molecule has 28 heavy (non-hydrogen) atoms. The van der Waals surface area contributed by atoms with Crippen molar-refractivity contribution in [1.29, 1.82) is 0 Å². The van der Waals surface area contributed by atoms with E-state index in [0.717, 1.165) is 0 Å². The second kappa shape index (κ2) is 5.56. The number of hydrogen-bond acceptors (Lipinski definition) is 0. The van der Waals surface area contributed by atoms with Crippen LogP contribution in [0, 0.1) is 25.7 Å². The minimum Gasteiger partial charge on any atom is -0.0452 e. The Kier molecular flexibility index (Phi) is 3.11. The molecule has 4 aromatic carbocycles. The first kappa shape index (κ1) is 15.7. The zero-order chi connectivity index (χ0) is 18.8. The maximum atomic E-state index is 2.34. The Morgan fingerprint density at radius 2 is 0.821 bits per heavy atom. The van der Waals surface area contributed by atoms with Crippen LogP contribution in [-0.2, 0) is 0 Å². The molecule has 0 heteroatoms. The molecule has 0 nitrogen and oxygen atoms in total. The van der Waals surface area contributed by atoms with Gasteiger partial charge >= 0.3 is 0 Å². The molecule has 0 atom stereocenters. The van der Waals surface area contributed by atoms with E-state index in [2.05, 4.69) is 98.8 Å². The van der Waals surface area contributed by atoms with Crippen molar-refractivity contribution in [2.75, 3.05) is 0 Å². The Hall–Kier alpha value is -3.38. The van der Waals surface area contributed by atoms with Gasteiger partial charge in [0, 0.05) is 24.3 Å². The molecule has 0 N–H and O–H groups in total. The molecule has 0 saturated carbocycles. The number of hydrogen-bond donors (Lipinski definition) is 0. The molecular formula is C28H20+2. The molecule has 0 amide bonds. The molecule has 130 valence electrons. The van der Waals surface area contributed by atoms with Crippen LogP contribution < -0.4 is 0 Å². The van der Waals surface area contributed by atoms with Gasteiger partial charge in [-0.3, -0.25) is 0 Å². The highest BCUT2D eigenvalue weighted by Gasteiger charge is 2.51. The van der Waals surface area contributed by atoms with Gasteiger partial charge in [0.2, 0.25) is 0 Å². The predicted octanol–water partition coefficient (Wildman–Crippen LogP) is 6.91. The third-order valence-electron chi connectivity index (χ3n) is 6.11. The number of fused-ring (bicyclic) bond motifs is 6. The monoisotopic (exact) mass is 356 g/mol. The summed E-state index contributed by atoms with van der Waals surface area (Å²) in [6.45, 7) is 4.36. The molecule has 0 fully saturated rings. The summed E-state index contributed by atoms with van der Waals surface area (Å²) in [6, 6.07) is 31.5. The quantitative estimate of drug-likeness (QED) is 0.325. The predicted molar refractivity (Wildman–Crippen MR) is 116 cm³/mol. The van der Waals surface area contributed by atoms with Gasteiger partial charge in [-0.05, 0) is 85.6 Å². The van der Waals surface area contributed by atoms with Gasteiger partial charge in [0.25, 0.3) is 0 Å². The first-order valence-corrected chi connectivity index (χ1v) is 9.88. The molecule has 2 aliphatic carbocycles. The molecule has 4 aromatic rings. The summed E-state index contributed by atoms with van der Waals surface area (Å²) in [5.74, 6) is 2.75.